The van der Waals surface area contributed by atoms with Gasteiger partial charge >= 0.3 is 5.97 Å². The van der Waals surface area contributed by atoms with Crippen LogP contribution in [-0.4, -0.2) is 17.0 Å². The van der Waals surface area contributed by atoms with Crippen molar-refractivity contribution in [1.82, 2.24) is 0 Å². The fourth-order valence-electron chi connectivity index (χ4n) is 3.72. The van der Waals surface area contributed by atoms with Crippen molar-refractivity contribution in [3.63, 3.8) is 0 Å². The molecule has 6 heteroatoms. The van der Waals surface area contributed by atoms with Crippen LogP contribution in [0.2, 0.25) is 0 Å². The van der Waals surface area contributed by atoms with E-state index in [9.17, 15) is 20.0 Å². The number of rotatable bonds is 3. The number of aliphatic carboxylic acids is 1. The summed E-state index contributed by atoms with van der Waals surface area (Å²) in [4.78, 5) is 25.2. The van der Waals surface area contributed by atoms with Crippen LogP contribution in [0.25, 0.3) is 0 Å². The molecule has 23 heavy (non-hydrogen) atoms. The topological polar surface area (TPSA) is 90.2 Å². The Bertz CT molecular complexity index is 674. The van der Waals surface area contributed by atoms with Gasteiger partial charge in [0.2, 0.25) is 5.91 Å². The molecule has 1 aromatic rings. The van der Waals surface area contributed by atoms with Crippen LogP contribution in [0.1, 0.15) is 54.5 Å². The maximum Gasteiger partial charge on any atom is 0.307 e. The van der Waals surface area contributed by atoms with Crippen LogP contribution >= 0.6 is 11.3 Å². The second-order valence-corrected chi connectivity index (χ2v) is 7.46. The molecule has 5 nitrogen and oxygen atoms in total. The first kappa shape index (κ1) is 16.0. The van der Waals surface area contributed by atoms with Crippen molar-refractivity contribution in [2.45, 2.75) is 51.4 Å². The second-order valence-electron chi connectivity index (χ2n) is 6.35. The van der Waals surface area contributed by atoms with E-state index < -0.39 is 17.8 Å². The number of carbonyl (C=O) groups is 2. The van der Waals surface area contributed by atoms with Crippen LogP contribution in [0.4, 0.5) is 5.00 Å². The lowest BCUT2D eigenvalue weighted by atomic mass is 9.78. The molecule has 1 saturated carbocycles. The molecule has 2 aliphatic carbocycles. The Morgan fingerprint density at radius 1 is 1.13 bits per heavy atom. The maximum absolute atomic E-state index is 12.6. The number of carboxylic acid groups (broad SMARTS) is 1. The van der Waals surface area contributed by atoms with Crippen molar-refractivity contribution in [2.75, 3.05) is 5.32 Å². The van der Waals surface area contributed by atoms with E-state index in [2.05, 4.69) is 11.4 Å². The van der Waals surface area contributed by atoms with Crippen molar-refractivity contribution in [3.8, 4) is 6.07 Å². The summed E-state index contributed by atoms with van der Waals surface area (Å²) in [5.74, 6) is -2.24. The lowest BCUT2D eigenvalue weighted by molar-refractivity contribution is -0.147. The van der Waals surface area contributed by atoms with Gasteiger partial charge in [-0.1, -0.05) is 12.8 Å². The van der Waals surface area contributed by atoms with Gasteiger partial charge in [-0.15, -0.1) is 11.3 Å². The molecule has 0 aliphatic heterocycles. The highest BCUT2D eigenvalue weighted by atomic mass is 32.1. The fourth-order valence-corrected chi connectivity index (χ4v) is 4.96. The summed E-state index contributed by atoms with van der Waals surface area (Å²) in [6.45, 7) is 0. The van der Waals surface area contributed by atoms with Gasteiger partial charge < -0.3 is 10.4 Å². The average molecular weight is 332 g/mol. The van der Waals surface area contributed by atoms with E-state index in [1.807, 2.05) is 0 Å². The number of aryl methyl sites for hydroxylation is 1. The number of nitriles is 1. The van der Waals surface area contributed by atoms with Crippen molar-refractivity contribution in [3.05, 3.63) is 16.0 Å². The Labute approximate surface area is 139 Å². The summed E-state index contributed by atoms with van der Waals surface area (Å²) in [6.07, 6.45) is 6.96. The largest absolute Gasteiger partial charge is 0.481 e. The highest BCUT2D eigenvalue weighted by Crippen LogP contribution is 2.39. The van der Waals surface area contributed by atoms with Gasteiger partial charge in [0.05, 0.1) is 17.4 Å². The molecule has 2 aliphatic rings. The predicted molar refractivity (Wildman–Crippen MR) is 87.4 cm³/mol. The van der Waals surface area contributed by atoms with Gasteiger partial charge in [-0.05, 0) is 44.1 Å². The van der Waals surface area contributed by atoms with E-state index in [0.717, 1.165) is 44.1 Å². The van der Waals surface area contributed by atoms with Crippen LogP contribution in [0.15, 0.2) is 0 Å². The molecule has 2 atom stereocenters. The fraction of sp³-hybridized carbons (Fsp3) is 0.588. The summed E-state index contributed by atoms with van der Waals surface area (Å²) in [6, 6.07) is 2.23. The molecule has 1 aromatic heterocycles. The van der Waals surface area contributed by atoms with Crippen LogP contribution in [-0.2, 0) is 22.4 Å². The number of amides is 1. The number of hydrogen-bond acceptors (Lipinski definition) is 4. The molecule has 1 fully saturated rings. The molecule has 0 saturated heterocycles. The zero-order valence-corrected chi connectivity index (χ0v) is 13.7. The highest BCUT2D eigenvalue weighted by Gasteiger charge is 2.36. The first-order chi connectivity index (χ1) is 11.1. The molecule has 0 spiro atoms. The number of carbonyl (C=O) groups excluding carboxylic acids is 1. The number of anilines is 1. The summed E-state index contributed by atoms with van der Waals surface area (Å²) in [5, 5.41) is 22.2. The minimum Gasteiger partial charge on any atom is -0.481 e. The molecule has 0 radical (unpaired) electrons. The Morgan fingerprint density at radius 3 is 2.52 bits per heavy atom. The molecule has 1 heterocycles. The van der Waals surface area contributed by atoms with E-state index in [4.69, 9.17) is 0 Å². The van der Waals surface area contributed by atoms with Crippen LogP contribution < -0.4 is 5.32 Å². The lowest BCUT2D eigenvalue weighted by Crippen LogP contribution is -2.36. The van der Waals surface area contributed by atoms with Crippen LogP contribution in [0, 0.1) is 23.2 Å². The minimum absolute atomic E-state index is 0.243. The SMILES string of the molecule is N#Cc1c(NC(=O)[C@@H]2CCCC[C@H]2C(=O)O)sc2c1CCCC2. The monoisotopic (exact) mass is 332 g/mol. The van der Waals surface area contributed by atoms with Gasteiger partial charge in [0, 0.05) is 4.88 Å². The number of hydrogen-bond donors (Lipinski definition) is 2. The molecular formula is C17H20N2O3S. The normalized spacial score (nSPS) is 23.6. The van der Waals surface area contributed by atoms with Gasteiger partial charge in [-0.3, -0.25) is 9.59 Å². The standard InChI is InChI=1S/C17H20N2O3S/c18-9-13-10-5-3-4-8-14(10)23-16(13)19-15(20)11-6-1-2-7-12(11)17(21)22/h11-12H,1-8H2,(H,19,20)(H,21,22)/t11-,12-/m1/s1. The molecule has 0 aromatic carbocycles. The van der Waals surface area contributed by atoms with Gasteiger partial charge in [-0.25, -0.2) is 0 Å². The van der Waals surface area contributed by atoms with Crippen LogP contribution in [0.3, 0.4) is 0 Å². The third kappa shape index (κ3) is 3.11. The van der Waals surface area contributed by atoms with Crippen molar-refractivity contribution >= 4 is 28.2 Å². The average Bonchev–Trinajstić information content (AvgIpc) is 2.91. The Morgan fingerprint density at radius 2 is 1.83 bits per heavy atom. The molecule has 0 bridgehead atoms. The third-order valence-electron chi connectivity index (χ3n) is 4.94. The number of carboxylic acids is 1. The minimum atomic E-state index is -0.893. The molecule has 3 rings (SSSR count). The van der Waals surface area contributed by atoms with Crippen LogP contribution in [0.5, 0.6) is 0 Å². The molecule has 122 valence electrons. The summed E-state index contributed by atoms with van der Waals surface area (Å²) < 4.78 is 0. The predicted octanol–water partition coefficient (Wildman–Crippen LogP) is 3.33. The molecule has 1 amide bonds. The lowest BCUT2D eigenvalue weighted by Gasteiger charge is -2.27. The first-order valence-corrected chi connectivity index (χ1v) is 9.01. The Kier molecular flexibility index (Phi) is 4.67. The Hall–Kier alpha value is -1.87. The number of nitrogens with zero attached hydrogens (tertiary/aromatic N) is 1. The summed E-state index contributed by atoms with van der Waals surface area (Å²) in [7, 11) is 0. The zero-order valence-electron chi connectivity index (χ0n) is 12.9. The van der Waals surface area contributed by atoms with Gasteiger partial charge in [0.15, 0.2) is 0 Å². The quantitative estimate of drug-likeness (QED) is 0.888. The number of fused-ring (bicyclic) bond motifs is 1. The van der Waals surface area contributed by atoms with Gasteiger partial charge in [-0.2, -0.15) is 5.26 Å². The van der Waals surface area contributed by atoms with Crippen molar-refractivity contribution in [1.29, 1.82) is 5.26 Å². The number of thiophene rings is 1. The van der Waals surface area contributed by atoms with Crippen molar-refractivity contribution < 1.29 is 14.7 Å². The van der Waals surface area contributed by atoms with Crippen molar-refractivity contribution in [2.24, 2.45) is 11.8 Å². The summed E-state index contributed by atoms with van der Waals surface area (Å²) in [5.41, 5.74) is 1.67. The number of nitrogens with one attached hydrogen (secondary N) is 1. The summed E-state index contributed by atoms with van der Waals surface area (Å²) >= 11 is 1.49. The van der Waals surface area contributed by atoms with E-state index in [1.54, 1.807) is 0 Å². The van der Waals surface area contributed by atoms with E-state index >= 15 is 0 Å². The zero-order chi connectivity index (χ0) is 16.4. The first-order valence-electron chi connectivity index (χ1n) is 8.20. The molecular weight excluding hydrogens is 312 g/mol. The third-order valence-corrected chi connectivity index (χ3v) is 6.15. The molecule has 0 unspecified atom stereocenters. The van der Waals surface area contributed by atoms with E-state index in [1.165, 1.54) is 16.2 Å². The maximum atomic E-state index is 12.6. The smallest absolute Gasteiger partial charge is 0.307 e. The Balaban J connectivity index is 1.81. The van der Waals surface area contributed by atoms with Gasteiger partial charge in [0.1, 0.15) is 11.1 Å². The van der Waals surface area contributed by atoms with E-state index in [-0.39, 0.29) is 5.91 Å². The second kappa shape index (κ2) is 6.71. The van der Waals surface area contributed by atoms with E-state index in [0.29, 0.717) is 23.4 Å². The highest BCUT2D eigenvalue weighted by molar-refractivity contribution is 7.16. The molecule has 2 N–H and O–H groups in total. The van der Waals surface area contributed by atoms with Gasteiger partial charge in [0.25, 0.3) is 0 Å².